The minimum Gasteiger partial charge on any atom is -0.310 e. The van der Waals surface area contributed by atoms with Gasteiger partial charge in [0.1, 0.15) is 0 Å². The van der Waals surface area contributed by atoms with Gasteiger partial charge < -0.3 is 4.90 Å². The Morgan fingerprint density at radius 2 is 0.808 bits per heavy atom. The van der Waals surface area contributed by atoms with Crippen molar-refractivity contribution in [3.8, 4) is 33.4 Å². The molecular weight excluding hydrogens is 647 g/mol. The summed E-state index contributed by atoms with van der Waals surface area (Å²) in [5.74, 6) is 0. The van der Waals surface area contributed by atoms with Crippen LogP contribution in [0.15, 0.2) is 188 Å². The van der Waals surface area contributed by atoms with Gasteiger partial charge in [-0.2, -0.15) is 0 Å². The van der Waals surface area contributed by atoms with E-state index in [4.69, 9.17) is 0 Å². The molecule has 0 saturated heterocycles. The van der Waals surface area contributed by atoms with Crippen molar-refractivity contribution in [3.05, 3.63) is 210 Å². The van der Waals surface area contributed by atoms with Gasteiger partial charge in [-0.3, -0.25) is 0 Å². The number of anilines is 3. The zero-order chi connectivity index (χ0) is 34.4. The molecule has 0 spiro atoms. The van der Waals surface area contributed by atoms with Crippen LogP contribution in [0.2, 0.25) is 0 Å². The van der Waals surface area contributed by atoms with Crippen molar-refractivity contribution in [2.45, 2.75) is 12.8 Å². The molecular formula is C50H35NS. The van der Waals surface area contributed by atoms with E-state index in [-0.39, 0.29) is 0 Å². The Morgan fingerprint density at radius 1 is 0.327 bits per heavy atom. The molecule has 1 aliphatic carbocycles. The number of thiophene rings is 1. The fourth-order valence-electron chi connectivity index (χ4n) is 8.08. The molecule has 0 radical (unpaired) electrons. The second kappa shape index (κ2) is 12.8. The molecule has 0 N–H and O–H groups in total. The Kier molecular flexibility index (Phi) is 7.55. The Labute approximate surface area is 308 Å². The Hall–Kier alpha value is -6.22. The molecule has 0 unspecified atom stereocenters. The van der Waals surface area contributed by atoms with Crippen LogP contribution in [0.1, 0.15) is 22.3 Å². The first-order valence-corrected chi connectivity index (χ1v) is 18.8. The summed E-state index contributed by atoms with van der Waals surface area (Å²) in [6.45, 7) is 0. The lowest BCUT2D eigenvalue weighted by molar-refractivity contribution is 1.14. The normalized spacial score (nSPS) is 12.1. The van der Waals surface area contributed by atoms with E-state index in [1.54, 1.807) is 0 Å². The van der Waals surface area contributed by atoms with Gasteiger partial charge in [0.15, 0.2) is 0 Å². The van der Waals surface area contributed by atoms with Gasteiger partial charge in [-0.25, -0.2) is 0 Å². The lowest BCUT2D eigenvalue weighted by Gasteiger charge is -2.28. The number of nitrogens with zero attached hydrogens (tertiary/aromatic N) is 1. The summed E-state index contributed by atoms with van der Waals surface area (Å²) in [4.78, 5) is 2.44. The van der Waals surface area contributed by atoms with Gasteiger partial charge in [0.25, 0.3) is 0 Å². The van der Waals surface area contributed by atoms with Crippen molar-refractivity contribution in [2.24, 2.45) is 0 Å². The molecule has 1 aromatic heterocycles. The number of hydrogen-bond acceptors (Lipinski definition) is 2. The quantitative estimate of drug-likeness (QED) is 0.179. The highest BCUT2D eigenvalue weighted by molar-refractivity contribution is 7.25. The van der Waals surface area contributed by atoms with Crippen LogP contribution in [0.5, 0.6) is 0 Å². The molecule has 0 fully saturated rings. The first-order chi connectivity index (χ1) is 25.8. The van der Waals surface area contributed by atoms with E-state index in [1.807, 2.05) is 11.3 Å². The number of hydrogen-bond donors (Lipinski definition) is 0. The van der Waals surface area contributed by atoms with E-state index in [1.165, 1.54) is 75.8 Å². The van der Waals surface area contributed by atoms with Crippen molar-refractivity contribution in [3.63, 3.8) is 0 Å². The van der Waals surface area contributed by atoms with E-state index < -0.39 is 0 Å². The number of rotatable bonds is 4. The van der Waals surface area contributed by atoms with Crippen molar-refractivity contribution < 1.29 is 0 Å². The van der Waals surface area contributed by atoms with Gasteiger partial charge in [-0.1, -0.05) is 140 Å². The maximum atomic E-state index is 2.44. The molecule has 0 bridgehead atoms. The van der Waals surface area contributed by atoms with Crippen LogP contribution in [-0.2, 0) is 12.8 Å². The fraction of sp³-hybridized carbons (Fsp3) is 0.0400. The Bertz CT molecular complexity index is 2740. The molecule has 2 heteroatoms. The van der Waals surface area contributed by atoms with Gasteiger partial charge in [-0.05, 0) is 117 Å². The third kappa shape index (κ3) is 5.40. The minimum absolute atomic E-state index is 0.830. The van der Waals surface area contributed by atoms with Gasteiger partial charge >= 0.3 is 0 Å². The van der Waals surface area contributed by atoms with Gasteiger partial charge in [0, 0.05) is 37.2 Å². The van der Waals surface area contributed by atoms with Crippen LogP contribution >= 0.6 is 11.3 Å². The van der Waals surface area contributed by atoms with Crippen molar-refractivity contribution in [1.29, 1.82) is 0 Å². The SMILES string of the molecule is c1ccc(-c2ccc(N(c3ccc4c(c3)Cc3ccccc3-c3ccccc3Cc3ccccc3-4)c3ccc4sc5ccccc5c4c3)cc2)cc1. The van der Waals surface area contributed by atoms with Crippen LogP contribution < -0.4 is 4.90 Å². The molecule has 0 aliphatic heterocycles. The van der Waals surface area contributed by atoms with E-state index in [2.05, 4.69) is 193 Å². The molecule has 1 aliphatic rings. The number of benzene rings is 8. The summed E-state index contributed by atoms with van der Waals surface area (Å²) in [6, 6.07) is 69.4. The van der Waals surface area contributed by atoms with Crippen LogP contribution in [-0.4, -0.2) is 0 Å². The molecule has 246 valence electrons. The highest BCUT2D eigenvalue weighted by Crippen LogP contribution is 2.44. The average Bonchev–Trinajstić information content (AvgIpc) is 3.58. The van der Waals surface area contributed by atoms with E-state index >= 15 is 0 Å². The van der Waals surface area contributed by atoms with Crippen molar-refractivity contribution in [2.75, 3.05) is 4.90 Å². The molecule has 1 nitrogen and oxygen atoms in total. The minimum atomic E-state index is 0.830. The molecule has 9 aromatic rings. The predicted molar refractivity (Wildman–Crippen MR) is 222 cm³/mol. The van der Waals surface area contributed by atoms with Gasteiger partial charge in [-0.15, -0.1) is 11.3 Å². The molecule has 10 rings (SSSR count). The van der Waals surface area contributed by atoms with E-state index in [0.717, 1.165) is 29.9 Å². The van der Waals surface area contributed by atoms with Gasteiger partial charge in [0.05, 0.1) is 0 Å². The first-order valence-electron chi connectivity index (χ1n) is 18.0. The number of fused-ring (bicyclic) bond motifs is 9. The van der Waals surface area contributed by atoms with Crippen molar-refractivity contribution >= 4 is 48.6 Å². The topological polar surface area (TPSA) is 3.24 Å². The molecule has 8 aromatic carbocycles. The van der Waals surface area contributed by atoms with E-state index in [0.29, 0.717) is 0 Å². The average molecular weight is 682 g/mol. The Morgan fingerprint density at radius 3 is 1.50 bits per heavy atom. The standard InChI is InChI=1S/C50H35NS/c1-2-12-34(13-3-1)35-22-24-40(25-23-35)51(42-27-29-50-48(33-42)47-20-10-11-21-49(47)52-50)41-26-28-46-39(32-41)31-38-16-6-8-18-44(38)43-17-7-4-14-36(43)30-37-15-5-9-19-45(37)46/h1-29,32-33H,30-31H2. The fourth-order valence-corrected chi connectivity index (χ4v) is 9.17. The summed E-state index contributed by atoms with van der Waals surface area (Å²) in [6.07, 6.45) is 1.72. The smallest absolute Gasteiger partial charge is 0.0468 e. The molecule has 52 heavy (non-hydrogen) atoms. The summed E-state index contributed by atoms with van der Waals surface area (Å²) in [5.41, 5.74) is 16.5. The highest BCUT2D eigenvalue weighted by Gasteiger charge is 2.21. The zero-order valence-corrected chi connectivity index (χ0v) is 29.5. The predicted octanol–water partition coefficient (Wildman–Crippen LogP) is 14.0. The lowest BCUT2D eigenvalue weighted by atomic mass is 9.84. The van der Waals surface area contributed by atoms with Gasteiger partial charge in [0.2, 0.25) is 0 Å². The van der Waals surface area contributed by atoms with Crippen LogP contribution in [0, 0.1) is 0 Å². The maximum Gasteiger partial charge on any atom is 0.0468 e. The Balaban J connectivity index is 1.17. The highest BCUT2D eigenvalue weighted by atomic mass is 32.1. The first kappa shape index (κ1) is 30.6. The lowest BCUT2D eigenvalue weighted by Crippen LogP contribution is -2.11. The second-order valence-corrected chi connectivity index (χ2v) is 14.8. The third-order valence-electron chi connectivity index (χ3n) is 10.6. The summed E-state index contributed by atoms with van der Waals surface area (Å²) in [7, 11) is 0. The van der Waals surface area contributed by atoms with Crippen LogP contribution in [0.4, 0.5) is 17.1 Å². The third-order valence-corrected chi connectivity index (χ3v) is 11.7. The molecule has 0 amide bonds. The zero-order valence-electron chi connectivity index (χ0n) is 28.7. The van der Waals surface area contributed by atoms with Crippen LogP contribution in [0.3, 0.4) is 0 Å². The molecule has 0 saturated carbocycles. The molecule has 1 heterocycles. The van der Waals surface area contributed by atoms with E-state index in [9.17, 15) is 0 Å². The maximum absolute atomic E-state index is 2.44. The molecule has 0 atom stereocenters. The van der Waals surface area contributed by atoms with Crippen molar-refractivity contribution in [1.82, 2.24) is 0 Å². The monoisotopic (exact) mass is 681 g/mol. The summed E-state index contributed by atoms with van der Waals surface area (Å²) < 4.78 is 2.63. The summed E-state index contributed by atoms with van der Waals surface area (Å²) in [5, 5.41) is 2.60. The summed E-state index contributed by atoms with van der Waals surface area (Å²) >= 11 is 1.86. The largest absolute Gasteiger partial charge is 0.310 e. The second-order valence-electron chi connectivity index (χ2n) is 13.7. The van der Waals surface area contributed by atoms with Crippen LogP contribution in [0.25, 0.3) is 53.6 Å².